The molecular weight excluding hydrogens is 320 g/mol. The third-order valence-electron chi connectivity index (χ3n) is 4.99. The highest BCUT2D eigenvalue weighted by molar-refractivity contribution is 5.93. The Morgan fingerprint density at radius 3 is 2.40 bits per heavy atom. The first kappa shape index (κ1) is 14.6. The molecule has 0 saturated carbocycles. The van der Waals surface area contributed by atoms with Gasteiger partial charge in [-0.2, -0.15) is 0 Å². The largest absolute Gasteiger partial charge is 0.508 e. The Hall–Kier alpha value is -2.76. The number of benzene rings is 3. The zero-order chi connectivity index (χ0) is 17.1. The summed E-state index contributed by atoms with van der Waals surface area (Å²) in [7, 11) is 0. The number of ether oxygens (including phenoxy) is 2. The molecule has 0 spiro atoms. The molecule has 3 aromatic carbocycles. The summed E-state index contributed by atoms with van der Waals surface area (Å²) in [4.78, 5) is 0. The van der Waals surface area contributed by atoms with Crippen LogP contribution in [-0.4, -0.2) is 27.5 Å². The van der Waals surface area contributed by atoms with E-state index in [0.717, 1.165) is 5.39 Å². The van der Waals surface area contributed by atoms with Crippen LogP contribution in [0.3, 0.4) is 0 Å². The maximum atomic E-state index is 10.4. The maximum Gasteiger partial charge on any atom is 0.156 e. The number of aromatic hydroxyl groups is 2. The molecule has 2 aliphatic rings. The molecule has 5 heteroatoms. The van der Waals surface area contributed by atoms with Gasteiger partial charge in [-0.25, -0.2) is 0 Å². The lowest BCUT2D eigenvalue weighted by molar-refractivity contribution is 0.127. The number of phenols is 2. The number of hydrogen-bond donors (Lipinski definition) is 3. The molecule has 3 N–H and O–H groups in total. The smallest absolute Gasteiger partial charge is 0.156 e. The molecule has 4 unspecified atom stereocenters. The first-order chi connectivity index (χ1) is 12.1. The monoisotopic (exact) mass is 336 g/mol. The van der Waals surface area contributed by atoms with Gasteiger partial charge in [0, 0.05) is 5.56 Å². The highest BCUT2D eigenvalue weighted by atomic mass is 16.6. The standard InChI is InChI=1S/C20H16O5/c21-12-7-1-4-10-5-2-9-14(15(10)12)24-18-16-11(6-3-8-13(16)22)17(23)19-20(18)25-19/h1-9,17-23H. The number of rotatable bonds is 2. The van der Waals surface area contributed by atoms with Gasteiger partial charge in [-0.1, -0.05) is 36.4 Å². The SMILES string of the molecule is Oc1cccc2c1C(Oc1cccc3cccc(O)c13)C1OC1C2O. The predicted octanol–water partition coefficient (Wildman–Crippen LogP) is 3.19. The molecule has 3 aromatic rings. The number of aliphatic hydroxyl groups is 1. The van der Waals surface area contributed by atoms with Crippen molar-refractivity contribution in [1.82, 2.24) is 0 Å². The van der Waals surface area contributed by atoms with Gasteiger partial charge in [0.05, 0.1) is 5.39 Å². The van der Waals surface area contributed by atoms with E-state index in [0.29, 0.717) is 22.3 Å². The van der Waals surface area contributed by atoms with Crippen LogP contribution in [0.15, 0.2) is 54.6 Å². The zero-order valence-electron chi connectivity index (χ0n) is 13.2. The van der Waals surface area contributed by atoms with Crippen molar-refractivity contribution < 1.29 is 24.8 Å². The molecular formula is C20H16O5. The van der Waals surface area contributed by atoms with Gasteiger partial charge >= 0.3 is 0 Å². The minimum absolute atomic E-state index is 0.0694. The van der Waals surface area contributed by atoms with Gasteiger partial charge in [0.1, 0.15) is 35.6 Å². The number of epoxide rings is 1. The van der Waals surface area contributed by atoms with Gasteiger partial charge in [-0.3, -0.25) is 0 Å². The van der Waals surface area contributed by atoms with Gasteiger partial charge in [-0.15, -0.1) is 0 Å². The molecule has 1 aliphatic heterocycles. The number of hydrogen-bond acceptors (Lipinski definition) is 5. The summed E-state index contributed by atoms with van der Waals surface area (Å²) in [6, 6.07) is 15.9. The second-order valence-corrected chi connectivity index (χ2v) is 6.46. The van der Waals surface area contributed by atoms with Gasteiger partial charge in [-0.05, 0) is 29.1 Å². The molecule has 4 atom stereocenters. The molecule has 0 amide bonds. The van der Waals surface area contributed by atoms with Crippen molar-refractivity contribution in [2.45, 2.75) is 24.4 Å². The second kappa shape index (κ2) is 5.12. The maximum absolute atomic E-state index is 10.4. The average molecular weight is 336 g/mol. The molecule has 0 radical (unpaired) electrons. The van der Waals surface area contributed by atoms with Crippen LogP contribution in [0.1, 0.15) is 23.3 Å². The molecule has 25 heavy (non-hydrogen) atoms. The highest BCUT2D eigenvalue weighted by Gasteiger charge is 2.57. The third-order valence-corrected chi connectivity index (χ3v) is 4.99. The minimum Gasteiger partial charge on any atom is -0.508 e. The first-order valence-corrected chi connectivity index (χ1v) is 8.18. The Balaban J connectivity index is 1.64. The van der Waals surface area contributed by atoms with E-state index in [1.807, 2.05) is 18.2 Å². The first-order valence-electron chi connectivity index (χ1n) is 8.18. The zero-order valence-corrected chi connectivity index (χ0v) is 13.2. The minimum atomic E-state index is -0.770. The van der Waals surface area contributed by atoms with E-state index >= 15 is 0 Å². The average Bonchev–Trinajstić information content (AvgIpc) is 3.40. The van der Waals surface area contributed by atoms with Crippen molar-refractivity contribution in [1.29, 1.82) is 0 Å². The van der Waals surface area contributed by atoms with Crippen molar-refractivity contribution in [2.24, 2.45) is 0 Å². The van der Waals surface area contributed by atoms with Crippen molar-refractivity contribution in [2.75, 3.05) is 0 Å². The summed E-state index contributed by atoms with van der Waals surface area (Å²) in [6.45, 7) is 0. The van der Waals surface area contributed by atoms with Crippen molar-refractivity contribution in [3.63, 3.8) is 0 Å². The van der Waals surface area contributed by atoms with E-state index < -0.39 is 12.2 Å². The Kier molecular flexibility index (Phi) is 2.98. The van der Waals surface area contributed by atoms with Crippen molar-refractivity contribution >= 4 is 10.8 Å². The van der Waals surface area contributed by atoms with Gasteiger partial charge < -0.3 is 24.8 Å². The molecule has 1 heterocycles. The fourth-order valence-corrected chi connectivity index (χ4v) is 3.76. The third kappa shape index (κ3) is 2.10. The van der Waals surface area contributed by atoms with Crippen molar-refractivity contribution in [3.8, 4) is 17.2 Å². The van der Waals surface area contributed by atoms with Crippen LogP contribution < -0.4 is 4.74 Å². The fourth-order valence-electron chi connectivity index (χ4n) is 3.76. The number of fused-ring (bicyclic) bond motifs is 3. The molecule has 126 valence electrons. The van der Waals surface area contributed by atoms with E-state index in [1.165, 1.54) is 0 Å². The van der Waals surface area contributed by atoms with Crippen LogP contribution in [-0.2, 0) is 4.74 Å². The van der Waals surface area contributed by atoms with E-state index in [4.69, 9.17) is 9.47 Å². The number of phenolic OH excluding ortho intramolecular Hbond substituents is 2. The molecule has 1 aliphatic carbocycles. The van der Waals surface area contributed by atoms with Crippen LogP contribution >= 0.6 is 0 Å². The van der Waals surface area contributed by atoms with Crippen LogP contribution in [0.5, 0.6) is 17.2 Å². The van der Waals surface area contributed by atoms with Gasteiger partial charge in [0.15, 0.2) is 6.10 Å². The molecule has 1 fully saturated rings. The second-order valence-electron chi connectivity index (χ2n) is 6.46. The van der Waals surface area contributed by atoms with Crippen molar-refractivity contribution in [3.05, 3.63) is 65.7 Å². The summed E-state index contributed by atoms with van der Waals surface area (Å²) in [5.74, 6) is 0.718. The molecule has 0 aromatic heterocycles. The summed E-state index contributed by atoms with van der Waals surface area (Å²) < 4.78 is 11.8. The Morgan fingerprint density at radius 2 is 1.56 bits per heavy atom. The Labute approximate surface area is 143 Å². The molecule has 0 bridgehead atoms. The van der Waals surface area contributed by atoms with Gasteiger partial charge in [0.25, 0.3) is 0 Å². The lowest BCUT2D eigenvalue weighted by atomic mass is 9.86. The highest BCUT2D eigenvalue weighted by Crippen LogP contribution is 2.53. The van der Waals surface area contributed by atoms with E-state index in [-0.39, 0.29) is 23.7 Å². The lowest BCUT2D eigenvalue weighted by Crippen LogP contribution is -2.26. The van der Waals surface area contributed by atoms with E-state index in [2.05, 4.69) is 0 Å². The lowest BCUT2D eigenvalue weighted by Gasteiger charge is -2.27. The van der Waals surface area contributed by atoms with Gasteiger partial charge in [0.2, 0.25) is 0 Å². The molecule has 1 saturated heterocycles. The van der Waals surface area contributed by atoms with Crippen LogP contribution in [0.25, 0.3) is 10.8 Å². The molecule has 5 rings (SSSR count). The van der Waals surface area contributed by atoms with E-state index in [1.54, 1.807) is 36.4 Å². The quantitative estimate of drug-likeness (QED) is 0.626. The molecule has 5 nitrogen and oxygen atoms in total. The van der Waals surface area contributed by atoms with Crippen LogP contribution in [0.2, 0.25) is 0 Å². The van der Waals surface area contributed by atoms with Crippen LogP contribution in [0.4, 0.5) is 0 Å². The normalized spacial score (nSPS) is 26.8. The predicted molar refractivity (Wildman–Crippen MR) is 90.7 cm³/mol. The summed E-state index contributed by atoms with van der Waals surface area (Å²) in [6.07, 6.45) is -1.97. The topological polar surface area (TPSA) is 82.5 Å². The van der Waals surface area contributed by atoms with E-state index in [9.17, 15) is 15.3 Å². The summed E-state index contributed by atoms with van der Waals surface area (Å²) in [5, 5.41) is 32.4. The Morgan fingerprint density at radius 1 is 0.840 bits per heavy atom. The Bertz CT molecular complexity index is 978. The summed E-state index contributed by atoms with van der Waals surface area (Å²) in [5.41, 5.74) is 1.16. The fraction of sp³-hybridized carbons (Fsp3) is 0.200. The summed E-state index contributed by atoms with van der Waals surface area (Å²) >= 11 is 0. The van der Waals surface area contributed by atoms with Crippen LogP contribution in [0, 0.1) is 0 Å². The number of aliphatic hydroxyl groups excluding tert-OH is 1.